The van der Waals surface area contributed by atoms with E-state index >= 15 is 0 Å². The van der Waals surface area contributed by atoms with Crippen molar-refractivity contribution < 1.29 is 29.3 Å². The van der Waals surface area contributed by atoms with Crippen molar-refractivity contribution in [3.05, 3.63) is 33.3 Å². The summed E-state index contributed by atoms with van der Waals surface area (Å²) in [6.07, 6.45) is 1.38. The number of aliphatic hydroxyl groups is 2. The van der Waals surface area contributed by atoms with Gasteiger partial charge in [-0.3, -0.25) is 9.59 Å². The number of carbonyl (C=O) groups is 2. The second-order valence-corrected chi connectivity index (χ2v) is 10.9. The van der Waals surface area contributed by atoms with Gasteiger partial charge >= 0.3 is 5.97 Å². The van der Waals surface area contributed by atoms with Gasteiger partial charge < -0.3 is 19.7 Å². The highest BCUT2D eigenvalue weighted by Gasteiger charge is 2.42. The standard InChI is InChI=1S/C26H39NO6S/c1-15-8-9-21(16(2)12-20-14-34-19(5)27-20)33-23(29)13-22(28)26(6,7)25(31)17(3)24(30)18(4)32-11-10-15/h8,12,14,17-18,21-22,24,28,30H,9-11,13H2,1-7H3/b15-8-,16-12?. The number of carbonyl (C=O) groups excluding carboxylic acids is 2. The largest absolute Gasteiger partial charge is 0.457 e. The third kappa shape index (κ3) is 7.57. The number of thiazole rings is 1. The van der Waals surface area contributed by atoms with Gasteiger partial charge in [-0.25, -0.2) is 4.98 Å². The van der Waals surface area contributed by atoms with E-state index in [9.17, 15) is 19.8 Å². The molecule has 0 amide bonds. The minimum atomic E-state index is -1.25. The summed E-state index contributed by atoms with van der Waals surface area (Å²) in [5.74, 6) is -1.67. The molecule has 1 aromatic rings. The van der Waals surface area contributed by atoms with E-state index < -0.39 is 41.7 Å². The van der Waals surface area contributed by atoms with Gasteiger partial charge in [0.2, 0.25) is 0 Å². The van der Waals surface area contributed by atoms with Crippen LogP contribution in [0.2, 0.25) is 0 Å². The van der Waals surface area contributed by atoms with Crippen molar-refractivity contribution in [1.82, 2.24) is 4.98 Å². The van der Waals surface area contributed by atoms with E-state index in [1.807, 2.05) is 38.3 Å². The fourth-order valence-corrected chi connectivity index (χ4v) is 4.52. The normalized spacial score (nSPS) is 32.1. The summed E-state index contributed by atoms with van der Waals surface area (Å²) in [6, 6.07) is 0. The van der Waals surface area contributed by atoms with Crippen LogP contribution in [-0.4, -0.2) is 58.0 Å². The maximum absolute atomic E-state index is 13.1. The average molecular weight is 494 g/mol. The average Bonchev–Trinajstić information content (AvgIpc) is 3.18. The van der Waals surface area contributed by atoms with E-state index in [0.717, 1.165) is 21.8 Å². The van der Waals surface area contributed by atoms with Gasteiger partial charge in [0, 0.05) is 17.7 Å². The first-order valence-corrected chi connectivity index (χ1v) is 12.7. The second kappa shape index (κ2) is 12.2. The quantitative estimate of drug-likeness (QED) is 0.468. The van der Waals surface area contributed by atoms with Crippen LogP contribution in [0.4, 0.5) is 0 Å². The topological polar surface area (TPSA) is 106 Å². The minimum Gasteiger partial charge on any atom is -0.457 e. The molecule has 190 valence electrons. The van der Waals surface area contributed by atoms with Crippen LogP contribution in [0.15, 0.2) is 22.6 Å². The van der Waals surface area contributed by atoms with Crippen molar-refractivity contribution in [2.24, 2.45) is 11.3 Å². The van der Waals surface area contributed by atoms with Crippen LogP contribution in [0.5, 0.6) is 0 Å². The summed E-state index contributed by atoms with van der Waals surface area (Å²) in [5.41, 5.74) is 1.48. The van der Waals surface area contributed by atoms with E-state index in [2.05, 4.69) is 4.98 Å². The van der Waals surface area contributed by atoms with Crippen molar-refractivity contribution in [2.45, 2.75) is 92.1 Å². The molecule has 0 fully saturated rings. The molecule has 0 saturated carbocycles. The first-order valence-electron chi connectivity index (χ1n) is 11.8. The molecule has 7 nitrogen and oxygen atoms in total. The van der Waals surface area contributed by atoms with E-state index in [1.54, 1.807) is 39.0 Å². The fraction of sp³-hybridized carbons (Fsp3) is 0.654. The monoisotopic (exact) mass is 493 g/mol. The number of ketones is 1. The van der Waals surface area contributed by atoms with Crippen LogP contribution in [0.25, 0.3) is 6.08 Å². The summed E-state index contributed by atoms with van der Waals surface area (Å²) in [4.78, 5) is 30.4. The first-order chi connectivity index (χ1) is 15.8. The predicted molar refractivity (Wildman–Crippen MR) is 133 cm³/mol. The SMILES string of the molecule is CC(=Cc1csc(C)n1)C1C/C=C(/C)CCOC(C)C(O)C(C)C(=O)C(C)(C)C(O)CC(=O)O1. The Labute approximate surface area is 206 Å². The molecule has 0 bridgehead atoms. The zero-order valence-electron chi connectivity index (χ0n) is 21.3. The van der Waals surface area contributed by atoms with E-state index in [4.69, 9.17) is 9.47 Å². The molecule has 1 aliphatic rings. The number of cyclic esters (lactones) is 1. The Morgan fingerprint density at radius 3 is 2.53 bits per heavy atom. The van der Waals surface area contributed by atoms with Crippen molar-refractivity contribution in [1.29, 1.82) is 0 Å². The Kier molecular flexibility index (Phi) is 10.2. The minimum absolute atomic E-state index is 0.324. The summed E-state index contributed by atoms with van der Waals surface area (Å²) >= 11 is 1.55. The number of Topliss-reactive ketones (excluding diaryl/α,β-unsaturated/α-hetero) is 1. The predicted octanol–water partition coefficient (Wildman–Crippen LogP) is 4.26. The number of hydrogen-bond acceptors (Lipinski definition) is 8. The van der Waals surface area contributed by atoms with Crippen LogP contribution in [0.1, 0.15) is 71.5 Å². The van der Waals surface area contributed by atoms with Gasteiger partial charge in [-0.1, -0.05) is 32.4 Å². The van der Waals surface area contributed by atoms with Gasteiger partial charge in [0.15, 0.2) is 0 Å². The van der Waals surface area contributed by atoms with Gasteiger partial charge in [0.25, 0.3) is 0 Å². The number of aliphatic hydroxyl groups excluding tert-OH is 2. The van der Waals surface area contributed by atoms with Crippen LogP contribution in [-0.2, 0) is 19.1 Å². The molecule has 0 spiro atoms. The summed E-state index contributed by atoms with van der Waals surface area (Å²) < 4.78 is 11.6. The Bertz CT molecular complexity index is 918. The van der Waals surface area contributed by atoms with Crippen molar-refractivity contribution >= 4 is 29.2 Å². The fourth-order valence-electron chi connectivity index (χ4n) is 3.95. The maximum Gasteiger partial charge on any atom is 0.309 e. The molecule has 0 aliphatic carbocycles. The molecule has 0 radical (unpaired) electrons. The molecule has 1 aliphatic heterocycles. The highest BCUT2D eigenvalue weighted by molar-refractivity contribution is 7.09. The van der Waals surface area contributed by atoms with Crippen LogP contribution in [0.3, 0.4) is 0 Å². The molecule has 2 rings (SSSR count). The lowest BCUT2D eigenvalue weighted by Crippen LogP contribution is -2.47. The number of nitrogens with zero attached hydrogens (tertiary/aromatic N) is 1. The van der Waals surface area contributed by atoms with E-state index in [-0.39, 0.29) is 12.2 Å². The number of aromatic nitrogens is 1. The molecular formula is C26H39NO6S. The number of aryl methyl sites for hydroxylation is 1. The third-order valence-electron chi connectivity index (χ3n) is 6.59. The number of rotatable bonds is 2. The molecule has 5 atom stereocenters. The lowest BCUT2D eigenvalue weighted by molar-refractivity contribution is -0.154. The molecule has 5 unspecified atom stereocenters. The second-order valence-electron chi connectivity index (χ2n) is 9.86. The van der Waals surface area contributed by atoms with Gasteiger partial charge in [-0.15, -0.1) is 11.3 Å². The Morgan fingerprint density at radius 1 is 1.24 bits per heavy atom. The van der Waals surface area contributed by atoms with Gasteiger partial charge in [0.1, 0.15) is 11.9 Å². The lowest BCUT2D eigenvalue weighted by atomic mass is 9.74. The van der Waals surface area contributed by atoms with Crippen LogP contribution < -0.4 is 0 Å². The molecule has 34 heavy (non-hydrogen) atoms. The van der Waals surface area contributed by atoms with Crippen LogP contribution >= 0.6 is 11.3 Å². The maximum atomic E-state index is 13.1. The van der Waals surface area contributed by atoms with Crippen molar-refractivity contribution in [2.75, 3.05) is 6.61 Å². The summed E-state index contributed by atoms with van der Waals surface area (Å²) in [5, 5.41) is 24.3. The third-order valence-corrected chi connectivity index (χ3v) is 7.38. The van der Waals surface area contributed by atoms with Gasteiger partial charge in [-0.2, -0.15) is 0 Å². The van der Waals surface area contributed by atoms with Gasteiger partial charge in [0.05, 0.1) is 47.5 Å². The molecular weight excluding hydrogens is 454 g/mol. The first kappa shape index (κ1) is 28.4. The number of hydrogen-bond donors (Lipinski definition) is 2. The molecule has 1 aromatic heterocycles. The van der Waals surface area contributed by atoms with Crippen LogP contribution in [0, 0.1) is 18.3 Å². The highest BCUT2D eigenvalue weighted by Crippen LogP contribution is 2.31. The van der Waals surface area contributed by atoms with E-state index in [1.165, 1.54) is 0 Å². The van der Waals surface area contributed by atoms with E-state index in [0.29, 0.717) is 19.4 Å². The van der Waals surface area contributed by atoms with Crippen molar-refractivity contribution in [3.63, 3.8) is 0 Å². The molecule has 2 N–H and O–H groups in total. The molecule has 0 saturated heterocycles. The summed E-state index contributed by atoms with van der Waals surface area (Å²) in [7, 11) is 0. The Balaban J connectivity index is 2.33. The molecule has 8 heteroatoms. The number of ether oxygens (including phenoxy) is 2. The summed E-state index contributed by atoms with van der Waals surface area (Å²) in [6.45, 7) is 12.7. The van der Waals surface area contributed by atoms with Gasteiger partial charge in [-0.05, 0) is 45.8 Å². The lowest BCUT2D eigenvalue weighted by Gasteiger charge is -2.34. The highest BCUT2D eigenvalue weighted by atomic mass is 32.1. The Morgan fingerprint density at radius 2 is 1.91 bits per heavy atom. The smallest absolute Gasteiger partial charge is 0.309 e. The zero-order chi connectivity index (χ0) is 25.6. The Hall–Kier alpha value is -1.87. The molecule has 2 heterocycles. The van der Waals surface area contributed by atoms with Crippen molar-refractivity contribution in [3.8, 4) is 0 Å². The zero-order valence-corrected chi connectivity index (χ0v) is 22.1. The molecule has 0 aromatic carbocycles. The number of esters is 1.